The van der Waals surface area contributed by atoms with Crippen LogP contribution >= 0.6 is 0 Å². The second kappa shape index (κ2) is 5.79. The summed E-state index contributed by atoms with van der Waals surface area (Å²) in [6, 6.07) is 0. The van der Waals surface area contributed by atoms with Gasteiger partial charge in [-0.2, -0.15) is 0 Å². The lowest BCUT2D eigenvalue weighted by atomic mass is 10.0. The number of aliphatic hydroxyl groups is 3. The van der Waals surface area contributed by atoms with Crippen molar-refractivity contribution in [2.45, 2.75) is 44.6 Å². The van der Waals surface area contributed by atoms with Crippen LogP contribution in [0, 0.1) is 0 Å². The highest BCUT2D eigenvalue weighted by molar-refractivity contribution is 5.12. The highest BCUT2D eigenvalue weighted by atomic mass is 16.7. The summed E-state index contributed by atoms with van der Waals surface area (Å²) in [5, 5.41) is 29.1. The molecule has 0 bridgehead atoms. The molecule has 0 aromatic carbocycles. The second-order valence-corrected chi connectivity index (χ2v) is 4.20. The summed E-state index contributed by atoms with van der Waals surface area (Å²) in [5.41, 5.74) is 0.786. The Bertz CT molecular complexity index is 286. The van der Waals surface area contributed by atoms with Gasteiger partial charge in [-0.05, 0) is 19.4 Å². The van der Waals surface area contributed by atoms with E-state index >= 15 is 0 Å². The number of aliphatic hydroxyl groups excluding tert-OH is 3. The summed E-state index contributed by atoms with van der Waals surface area (Å²) < 4.78 is 15.2. The summed E-state index contributed by atoms with van der Waals surface area (Å²) in [6.07, 6.45) is -5.31. The molecule has 1 heterocycles. The van der Waals surface area contributed by atoms with E-state index in [1.807, 2.05) is 0 Å². The summed E-state index contributed by atoms with van der Waals surface area (Å²) >= 11 is 0. The van der Waals surface area contributed by atoms with E-state index in [0.29, 0.717) is 5.76 Å². The SMILES string of the molecule is COC(=C(C)C)[C@@H](O)[C@@H]1O[C@H](O)[C@H](O)[C@H]1OC. The number of methoxy groups -OCH3 is 2. The van der Waals surface area contributed by atoms with Gasteiger partial charge in [-0.25, -0.2) is 0 Å². The van der Waals surface area contributed by atoms with Crippen LogP contribution < -0.4 is 0 Å². The zero-order chi connectivity index (χ0) is 13.2. The minimum absolute atomic E-state index is 0.346. The van der Waals surface area contributed by atoms with Crippen LogP contribution in [0.3, 0.4) is 0 Å². The van der Waals surface area contributed by atoms with Crippen LogP contribution in [0.2, 0.25) is 0 Å². The van der Waals surface area contributed by atoms with E-state index < -0.39 is 30.7 Å². The molecule has 0 amide bonds. The third-order valence-corrected chi connectivity index (χ3v) is 2.81. The Morgan fingerprint density at radius 3 is 2.24 bits per heavy atom. The molecule has 1 aliphatic rings. The van der Waals surface area contributed by atoms with Crippen molar-refractivity contribution in [1.29, 1.82) is 0 Å². The number of ether oxygens (including phenoxy) is 3. The first kappa shape index (κ1) is 14.4. The molecule has 0 aromatic rings. The fourth-order valence-electron chi connectivity index (χ4n) is 1.97. The van der Waals surface area contributed by atoms with Gasteiger partial charge in [-0.1, -0.05) is 0 Å². The number of hydrogen-bond acceptors (Lipinski definition) is 6. The van der Waals surface area contributed by atoms with Crippen molar-refractivity contribution in [3.05, 3.63) is 11.3 Å². The summed E-state index contributed by atoms with van der Waals surface area (Å²) in [5.74, 6) is 0.346. The Labute approximate surface area is 100 Å². The molecule has 1 rings (SSSR count). The summed E-state index contributed by atoms with van der Waals surface area (Å²) in [7, 11) is 2.82. The molecule has 0 aliphatic carbocycles. The fourth-order valence-corrected chi connectivity index (χ4v) is 1.97. The van der Waals surface area contributed by atoms with E-state index in [0.717, 1.165) is 5.57 Å². The zero-order valence-corrected chi connectivity index (χ0v) is 10.5. The Morgan fingerprint density at radius 2 is 1.82 bits per heavy atom. The van der Waals surface area contributed by atoms with Crippen LogP contribution in [0.5, 0.6) is 0 Å². The molecule has 17 heavy (non-hydrogen) atoms. The van der Waals surface area contributed by atoms with E-state index in [2.05, 4.69) is 0 Å². The van der Waals surface area contributed by atoms with Crippen LogP contribution in [0.1, 0.15) is 13.8 Å². The van der Waals surface area contributed by atoms with Gasteiger partial charge in [0, 0.05) is 7.11 Å². The van der Waals surface area contributed by atoms with Crippen LogP contribution in [-0.2, 0) is 14.2 Å². The third kappa shape index (κ3) is 2.78. The monoisotopic (exact) mass is 248 g/mol. The minimum Gasteiger partial charge on any atom is -0.498 e. The maximum absolute atomic E-state index is 10.1. The highest BCUT2D eigenvalue weighted by Gasteiger charge is 2.47. The number of allylic oxidation sites excluding steroid dienone is 1. The lowest BCUT2D eigenvalue weighted by Crippen LogP contribution is -2.41. The molecule has 6 nitrogen and oxygen atoms in total. The molecule has 1 aliphatic heterocycles. The topological polar surface area (TPSA) is 88.4 Å². The molecule has 0 saturated carbocycles. The average molecular weight is 248 g/mol. The molecule has 100 valence electrons. The van der Waals surface area contributed by atoms with Gasteiger partial charge >= 0.3 is 0 Å². The van der Waals surface area contributed by atoms with Gasteiger partial charge in [0.15, 0.2) is 6.29 Å². The quantitative estimate of drug-likeness (QED) is 0.575. The molecule has 0 spiro atoms. The van der Waals surface area contributed by atoms with Gasteiger partial charge in [0.1, 0.15) is 30.2 Å². The molecule has 1 fully saturated rings. The average Bonchev–Trinajstić information content (AvgIpc) is 2.55. The fraction of sp³-hybridized carbons (Fsp3) is 0.818. The van der Waals surface area contributed by atoms with E-state index in [9.17, 15) is 15.3 Å². The van der Waals surface area contributed by atoms with E-state index in [1.165, 1.54) is 14.2 Å². The van der Waals surface area contributed by atoms with Crippen molar-refractivity contribution in [2.24, 2.45) is 0 Å². The van der Waals surface area contributed by atoms with E-state index in [1.54, 1.807) is 13.8 Å². The van der Waals surface area contributed by atoms with Crippen molar-refractivity contribution in [3.63, 3.8) is 0 Å². The number of hydrogen-bond donors (Lipinski definition) is 3. The predicted molar refractivity (Wildman–Crippen MR) is 59.1 cm³/mol. The molecule has 6 heteroatoms. The Kier molecular flexibility index (Phi) is 4.91. The molecule has 3 N–H and O–H groups in total. The normalized spacial score (nSPS) is 34.5. The maximum atomic E-state index is 10.1. The lowest BCUT2D eigenvalue weighted by Gasteiger charge is -2.25. The molecule has 1 saturated heterocycles. The molecule has 0 radical (unpaired) electrons. The van der Waals surface area contributed by atoms with Crippen molar-refractivity contribution >= 4 is 0 Å². The minimum atomic E-state index is -1.37. The van der Waals surface area contributed by atoms with E-state index in [4.69, 9.17) is 14.2 Å². The van der Waals surface area contributed by atoms with Gasteiger partial charge < -0.3 is 29.5 Å². The molecule has 0 aromatic heterocycles. The van der Waals surface area contributed by atoms with Crippen LogP contribution in [0.25, 0.3) is 0 Å². The molecule has 5 atom stereocenters. The Hall–Kier alpha value is -0.660. The predicted octanol–water partition coefficient (Wildman–Crippen LogP) is -0.619. The van der Waals surface area contributed by atoms with Gasteiger partial charge in [-0.3, -0.25) is 0 Å². The highest BCUT2D eigenvalue weighted by Crippen LogP contribution is 2.28. The van der Waals surface area contributed by atoms with Crippen molar-refractivity contribution < 1.29 is 29.5 Å². The number of rotatable bonds is 4. The summed E-state index contributed by atoms with van der Waals surface area (Å²) in [6.45, 7) is 3.57. The second-order valence-electron chi connectivity index (χ2n) is 4.20. The molecular weight excluding hydrogens is 228 g/mol. The largest absolute Gasteiger partial charge is 0.498 e. The van der Waals surface area contributed by atoms with Crippen molar-refractivity contribution in [2.75, 3.05) is 14.2 Å². The summed E-state index contributed by atoms with van der Waals surface area (Å²) in [4.78, 5) is 0. The van der Waals surface area contributed by atoms with Gasteiger partial charge in [0.25, 0.3) is 0 Å². The van der Waals surface area contributed by atoms with Gasteiger partial charge in [0.2, 0.25) is 0 Å². The van der Waals surface area contributed by atoms with Crippen LogP contribution in [0.15, 0.2) is 11.3 Å². The molecule has 0 unspecified atom stereocenters. The Balaban J connectivity index is 2.89. The first-order valence-corrected chi connectivity index (χ1v) is 5.37. The third-order valence-electron chi connectivity index (χ3n) is 2.81. The van der Waals surface area contributed by atoms with Crippen molar-refractivity contribution in [3.8, 4) is 0 Å². The maximum Gasteiger partial charge on any atom is 0.184 e. The van der Waals surface area contributed by atoms with Gasteiger partial charge in [0.05, 0.1) is 7.11 Å². The Morgan fingerprint density at radius 1 is 1.24 bits per heavy atom. The van der Waals surface area contributed by atoms with Crippen LogP contribution in [-0.4, -0.2) is 60.2 Å². The van der Waals surface area contributed by atoms with Crippen LogP contribution in [0.4, 0.5) is 0 Å². The van der Waals surface area contributed by atoms with Gasteiger partial charge in [-0.15, -0.1) is 0 Å². The zero-order valence-electron chi connectivity index (χ0n) is 10.5. The molecular formula is C11H20O6. The first-order chi connectivity index (χ1) is 7.93. The van der Waals surface area contributed by atoms with Crippen molar-refractivity contribution in [1.82, 2.24) is 0 Å². The lowest BCUT2D eigenvalue weighted by molar-refractivity contribution is -0.145. The van der Waals surface area contributed by atoms with E-state index in [-0.39, 0.29) is 0 Å². The standard InChI is InChI=1S/C11H20O6/c1-5(2)8(15-3)6(12)10-9(16-4)7(13)11(14)17-10/h6-7,9-14H,1-4H3/t6-,7-,9-,10+,11+/m1/s1. The smallest absolute Gasteiger partial charge is 0.184 e. The first-order valence-electron chi connectivity index (χ1n) is 5.37.